The van der Waals surface area contributed by atoms with Crippen molar-refractivity contribution in [1.82, 2.24) is 0 Å². The Labute approximate surface area is 205 Å². The number of rotatable bonds is 5. The molecule has 3 aliphatic carbocycles. The first-order valence-electron chi connectivity index (χ1n) is 12.2. The zero-order valence-corrected chi connectivity index (χ0v) is 20.2. The van der Waals surface area contributed by atoms with Crippen LogP contribution in [0.15, 0.2) is 98.9 Å². The van der Waals surface area contributed by atoms with Crippen molar-refractivity contribution in [2.24, 2.45) is 11.7 Å². The minimum Gasteiger partial charge on any atom is -0.316 e. The number of benzene rings is 1. The minimum absolute atomic E-state index is 0.224. The molecule has 2 atom stereocenters. The number of hydrogen-bond donors (Lipinski definition) is 1. The van der Waals surface area contributed by atoms with Crippen molar-refractivity contribution in [3.05, 3.63) is 94.0 Å². The van der Waals surface area contributed by atoms with Crippen LogP contribution in [0.4, 0.5) is 10.1 Å². The lowest BCUT2D eigenvalue weighted by Crippen LogP contribution is -2.29. The summed E-state index contributed by atoms with van der Waals surface area (Å²) < 4.78 is 13.8. The number of nitrogens with zero attached hydrogens (tertiary/aromatic N) is 2. The van der Waals surface area contributed by atoms with Gasteiger partial charge < -0.3 is 10.6 Å². The molecule has 4 aliphatic rings. The Hall–Kier alpha value is -2.81. The molecule has 34 heavy (non-hydrogen) atoms. The normalized spacial score (nSPS) is 23.3. The first-order valence-corrected chi connectivity index (χ1v) is 13.0. The summed E-state index contributed by atoms with van der Waals surface area (Å²) in [6.07, 6.45) is 19.3. The molecule has 0 amide bonds. The van der Waals surface area contributed by atoms with Gasteiger partial charge in [0.2, 0.25) is 0 Å². The third-order valence-corrected chi connectivity index (χ3v) is 8.27. The summed E-state index contributed by atoms with van der Waals surface area (Å²) in [6.45, 7) is 0. The molecule has 0 fully saturated rings. The summed E-state index contributed by atoms with van der Waals surface area (Å²) in [5, 5.41) is 9.11. The number of nitriles is 1. The highest BCUT2D eigenvalue weighted by Crippen LogP contribution is 2.50. The van der Waals surface area contributed by atoms with Crippen LogP contribution in [0.3, 0.4) is 0 Å². The van der Waals surface area contributed by atoms with E-state index in [2.05, 4.69) is 59.5 Å². The molecule has 0 saturated carbocycles. The Kier molecular flexibility index (Phi) is 6.89. The SMILES string of the molecule is N#CC(N)C/C(=C\F)C1=CC(C2=C(N3C4=C(CCC=C4)Sc4ccccc43)CCC=C2)CCC1. The Balaban J connectivity index is 1.58. The predicted molar refractivity (Wildman–Crippen MR) is 138 cm³/mol. The average molecular weight is 472 g/mol. The van der Waals surface area contributed by atoms with Crippen molar-refractivity contribution in [2.45, 2.75) is 62.3 Å². The molecule has 5 rings (SSSR count). The topological polar surface area (TPSA) is 53.1 Å². The summed E-state index contributed by atoms with van der Waals surface area (Å²) in [4.78, 5) is 5.25. The Morgan fingerprint density at radius 1 is 1.21 bits per heavy atom. The van der Waals surface area contributed by atoms with E-state index in [0.717, 1.165) is 50.5 Å². The molecule has 0 radical (unpaired) electrons. The van der Waals surface area contributed by atoms with Crippen LogP contribution in [0.1, 0.15) is 51.4 Å². The van der Waals surface area contributed by atoms with Crippen molar-refractivity contribution in [3.8, 4) is 6.07 Å². The van der Waals surface area contributed by atoms with Gasteiger partial charge >= 0.3 is 0 Å². The molecule has 1 aliphatic heterocycles. The summed E-state index contributed by atoms with van der Waals surface area (Å²) >= 11 is 1.91. The monoisotopic (exact) mass is 471 g/mol. The van der Waals surface area contributed by atoms with Gasteiger partial charge in [-0.1, -0.05) is 48.2 Å². The molecule has 5 heteroatoms. The molecule has 2 unspecified atom stereocenters. The van der Waals surface area contributed by atoms with Crippen molar-refractivity contribution < 1.29 is 4.39 Å². The highest BCUT2D eigenvalue weighted by Gasteiger charge is 2.31. The second-order valence-electron chi connectivity index (χ2n) is 9.26. The molecule has 0 aromatic heterocycles. The molecule has 0 spiro atoms. The fraction of sp³-hybridized carbons (Fsp3) is 0.345. The van der Waals surface area contributed by atoms with E-state index in [1.807, 2.05) is 17.8 Å². The Bertz CT molecular complexity index is 1190. The molecular formula is C29H30FN3S. The van der Waals surface area contributed by atoms with Gasteiger partial charge in [-0.25, -0.2) is 4.39 Å². The molecule has 1 aromatic rings. The van der Waals surface area contributed by atoms with Crippen LogP contribution < -0.4 is 10.6 Å². The standard InChI is InChI=1S/C29H30FN3S/c30-18-22(17-23(32)19-31)20-8-7-9-21(16-20)24-10-1-2-11-25(24)33-26-12-3-5-14-28(26)34-29-15-6-4-13-27(29)33/h1,3-5,10,12-14,16,18,21,23H,2,6-9,11,15,17,32H2/b22-18+. The predicted octanol–water partition coefficient (Wildman–Crippen LogP) is 7.59. The van der Waals surface area contributed by atoms with Crippen LogP contribution >= 0.6 is 11.8 Å². The number of hydrogen-bond acceptors (Lipinski definition) is 4. The number of allylic oxidation sites excluding steroid dienone is 9. The quantitative estimate of drug-likeness (QED) is 0.481. The van der Waals surface area contributed by atoms with Crippen molar-refractivity contribution in [2.75, 3.05) is 4.90 Å². The summed E-state index contributed by atoms with van der Waals surface area (Å²) in [7, 11) is 0. The van der Waals surface area contributed by atoms with Gasteiger partial charge in [0, 0.05) is 27.8 Å². The van der Waals surface area contributed by atoms with E-state index in [-0.39, 0.29) is 12.3 Å². The maximum atomic E-state index is 13.8. The fourth-order valence-electron chi connectivity index (χ4n) is 5.43. The lowest BCUT2D eigenvalue weighted by molar-refractivity contribution is 0.580. The van der Waals surface area contributed by atoms with Crippen LogP contribution in [-0.4, -0.2) is 6.04 Å². The van der Waals surface area contributed by atoms with Gasteiger partial charge in [0.1, 0.15) is 0 Å². The molecular weight excluding hydrogens is 441 g/mol. The zero-order chi connectivity index (χ0) is 23.5. The van der Waals surface area contributed by atoms with Crippen LogP contribution in [0, 0.1) is 17.2 Å². The van der Waals surface area contributed by atoms with E-state index < -0.39 is 6.04 Å². The summed E-state index contributed by atoms with van der Waals surface area (Å²) in [6, 6.07) is 10.1. The van der Waals surface area contributed by atoms with Gasteiger partial charge in [-0.3, -0.25) is 0 Å². The van der Waals surface area contributed by atoms with E-state index in [9.17, 15) is 4.39 Å². The molecule has 174 valence electrons. The smallest absolute Gasteiger partial charge is 0.0969 e. The second kappa shape index (κ2) is 10.2. The number of halogens is 1. The average Bonchev–Trinajstić information content (AvgIpc) is 2.90. The number of fused-ring (bicyclic) bond motifs is 1. The fourth-order valence-corrected chi connectivity index (χ4v) is 6.59. The van der Waals surface area contributed by atoms with Crippen molar-refractivity contribution >= 4 is 17.4 Å². The summed E-state index contributed by atoms with van der Waals surface area (Å²) in [5.74, 6) is 0.224. The van der Waals surface area contributed by atoms with E-state index in [0.29, 0.717) is 11.9 Å². The molecule has 0 saturated heterocycles. The molecule has 1 aromatic carbocycles. The van der Waals surface area contributed by atoms with E-state index in [4.69, 9.17) is 11.0 Å². The molecule has 2 N–H and O–H groups in total. The van der Waals surface area contributed by atoms with Crippen LogP contribution in [0.5, 0.6) is 0 Å². The van der Waals surface area contributed by atoms with Gasteiger partial charge in [0.05, 0.1) is 29.8 Å². The lowest BCUT2D eigenvalue weighted by atomic mass is 9.79. The van der Waals surface area contributed by atoms with Gasteiger partial charge in [0.25, 0.3) is 0 Å². The lowest BCUT2D eigenvalue weighted by Gasteiger charge is -2.39. The molecule has 0 bridgehead atoms. The molecule has 1 heterocycles. The third-order valence-electron chi connectivity index (χ3n) is 7.04. The third kappa shape index (κ3) is 4.45. The zero-order valence-electron chi connectivity index (χ0n) is 19.3. The second-order valence-corrected chi connectivity index (χ2v) is 10.4. The van der Waals surface area contributed by atoms with E-state index >= 15 is 0 Å². The Morgan fingerprint density at radius 2 is 2.03 bits per heavy atom. The number of anilines is 1. The number of nitrogens with two attached hydrogens (primary N) is 1. The largest absolute Gasteiger partial charge is 0.316 e. The maximum Gasteiger partial charge on any atom is 0.0969 e. The van der Waals surface area contributed by atoms with Crippen molar-refractivity contribution in [1.29, 1.82) is 5.26 Å². The maximum absolute atomic E-state index is 13.8. The Morgan fingerprint density at radius 3 is 2.88 bits per heavy atom. The first-order chi connectivity index (χ1) is 16.7. The summed E-state index contributed by atoms with van der Waals surface area (Å²) in [5.41, 5.74) is 12.6. The number of thioether (sulfide) groups is 1. The van der Waals surface area contributed by atoms with Crippen LogP contribution in [0.2, 0.25) is 0 Å². The van der Waals surface area contributed by atoms with Gasteiger partial charge in [-0.05, 0) is 79.9 Å². The first kappa shape index (κ1) is 23.0. The van der Waals surface area contributed by atoms with Crippen LogP contribution in [0.25, 0.3) is 0 Å². The van der Waals surface area contributed by atoms with Gasteiger partial charge in [-0.15, -0.1) is 0 Å². The van der Waals surface area contributed by atoms with Gasteiger partial charge in [-0.2, -0.15) is 5.26 Å². The van der Waals surface area contributed by atoms with E-state index in [1.54, 1.807) is 0 Å². The highest BCUT2D eigenvalue weighted by atomic mass is 32.2. The van der Waals surface area contributed by atoms with Crippen molar-refractivity contribution in [3.63, 3.8) is 0 Å². The van der Waals surface area contributed by atoms with Crippen LogP contribution in [-0.2, 0) is 0 Å². The minimum atomic E-state index is -0.682. The molecule has 3 nitrogen and oxygen atoms in total. The number of para-hydroxylation sites is 1. The van der Waals surface area contributed by atoms with E-state index in [1.165, 1.54) is 32.5 Å². The van der Waals surface area contributed by atoms with Gasteiger partial charge in [0.15, 0.2) is 0 Å². The highest BCUT2D eigenvalue weighted by molar-refractivity contribution is 8.03.